The number of aryl methyl sites for hydroxylation is 2. The van der Waals surface area contributed by atoms with Crippen LogP contribution in [0.15, 0.2) is 45.6 Å². The summed E-state index contributed by atoms with van der Waals surface area (Å²) in [7, 11) is 0. The number of aliphatic carboxylic acids is 1. The molecule has 0 bridgehead atoms. The van der Waals surface area contributed by atoms with Crippen molar-refractivity contribution in [3.63, 3.8) is 0 Å². The molecule has 2 atom stereocenters. The second kappa shape index (κ2) is 20.1. The largest absolute Gasteiger partial charge is 0.490 e. The lowest BCUT2D eigenvalue weighted by Gasteiger charge is -2.21. The number of alkyl carbamates (subject to hydrolysis) is 1. The highest BCUT2D eigenvalue weighted by molar-refractivity contribution is 7.20. The summed E-state index contributed by atoms with van der Waals surface area (Å²) in [5.74, 6) is 0.340. The molecule has 0 unspecified atom stereocenters. The van der Waals surface area contributed by atoms with E-state index < -0.39 is 23.8 Å². The number of thiophene rings is 2. The summed E-state index contributed by atoms with van der Waals surface area (Å²) in [6.07, 6.45) is -0.887. The second-order valence-electron chi connectivity index (χ2n) is 14.3. The SMILES string of the molecule is Cc1c(C[C@H](C)N)sc2c(NCc3ccco3)nc(C#N)nc12.Cc1c(C[C@H](C)NC(=O)OC(C)(C)C)sc2c(NCc3ccco3)nc(C#N)nc12.O=C(O)C(F)(F)F. The molecule has 0 saturated heterocycles. The Labute approximate surface area is 350 Å². The van der Waals surface area contributed by atoms with Crippen molar-refractivity contribution in [2.45, 2.75) is 98.3 Å². The fourth-order valence-electron chi connectivity index (χ4n) is 5.29. The summed E-state index contributed by atoms with van der Waals surface area (Å²) in [4.78, 5) is 40.6. The van der Waals surface area contributed by atoms with Crippen molar-refractivity contribution in [2.75, 3.05) is 10.6 Å². The van der Waals surface area contributed by atoms with E-state index in [9.17, 15) is 28.5 Å². The summed E-state index contributed by atoms with van der Waals surface area (Å²) in [5.41, 5.74) is 8.99. The molecule has 0 aliphatic heterocycles. The Bertz CT molecular complexity index is 2480. The molecule has 0 aromatic carbocycles. The van der Waals surface area contributed by atoms with E-state index in [1.54, 1.807) is 35.2 Å². The van der Waals surface area contributed by atoms with Crippen LogP contribution >= 0.6 is 22.7 Å². The number of ether oxygens (including phenoxy) is 1. The molecular formula is C39H43F3N10O6S2. The lowest BCUT2D eigenvalue weighted by Crippen LogP contribution is -2.38. The summed E-state index contributed by atoms with van der Waals surface area (Å²) < 4.78 is 49.6. The van der Waals surface area contributed by atoms with Gasteiger partial charge in [0.05, 0.1) is 46.0 Å². The van der Waals surface area contributed by atoms with Gasteiger partial charge in [-0.1, -0.05) is 0 Å². The minimum atomic E-state index is -5.08. The Kier molecular flexibility index (Phi) is 15.6. The fraction of sp³-hybridized carbons (Fsp3) is 0.385. The van der Waals surface area contributed by atoms with Crippen LogP contribution in [0, 0.1) is 36.5 Å². The first kappa shape index (κ1) is 46.4. The maximum Gasteiger partial charge on any atom is 0.490 e. The number of anilines is 2. The van der Waals surface area contributed by atoms with Gasteiger partial charge in [0.25, 0.3) is 0 Å². The number of nitriles is 2. The van der Waals surface area contributed by atoms with Gasteiger partial charge in [-0.15, -0.1) is 22.7 Å². The number of carboxylic acid groups (broad SMARTS) is 1. The van der Waals surface area contributed by atoms with Gasteiger partial charge in [-0.25, -0.2) is 29.5 Å². The number of rotatable bonds is 11. The first-order valence-electron chi connectivity index (χ1n) is 18.2. The van der Waals surface area contributed by atoms with Gasteiger partial charge in [0.2, 0.25) is 11.6 Å². The molecule has 6 N–H and O–H groups in total. The van der Waals surface area contributed by atoms with E-state index >= 15 is 0 Å². The number of fused-ring (bicyclic) bond motifs is 2. The van der Waals surface area contributed by atoms with E-state index in [0.717, 1.165) is 54.4 Å². The van der Waals surface area contributed by atoms with Gasteiger partial charge in [-0.3, -0.25) is 0 Å². The molecule has 0 aliphatic carbocycles. The van der Waals surface area contributed by atoms with Crippen LogP contribution in [0.5, 0.6) is 0 Å². The highest BCUT2D eigenvalue weighted by Crippen LogP contribution is 2.36. The molecule has 0 spiro atoms. The average Bonchev–Trinajstić information content (AvgIpc) is 3.99. The third-order valence-electron chi connectivity index (χ3n) is 7.95. The first-order valence-corrected chi connectivity index (χ1v) is 19.8. The molecule has 21 heteroatoms. The molecule has 6 aromatic rings. The van der Waals surface area contributed by atoms with Gasteiger partial charge in [-0.2, -0.15) is 23.7 Å². The molecule has 0 radical (unpaired) electrons. The Hall–Kier alpha value is -6.29. The van der Waals surface area contributed by atoms with Crippen LogP contribution in [0.25, 0.3) is 20.4 Å². The number of halogens is 3. The van der Waals surface area contributed by atoms with Gasteiger partial charge in [-0.05, 0) is 90.3 Å². The number of hydrogen-bond donors (Lipinski definition) is 5. The molecule has 0 fully saturated rings. The zero-order valence-corrected chi connectivity index (χ0v) is 35.3. The molecule has 6 heterocycles. The molecule has 0 saturated carbocycles. The van der Waals surface area contributed by atoms with Crippen LogP contribution in [0.3, 0.4) is 0 Å². The van der Waals surface area contributed by atoms with Crippen molar-refractivity contribution in [3.05, 3.63) is 80.8 Å². The Morgan fingerprint density at radius 2 is 1.28 bits per heavy atom. The lowest BCUT2D eigenvalue weighted by molar-refractivity contribution is -0.192. The number of carboxylic acids is 1. The van der Waals surface area contributed by atoms with Crippen molar-refractivity contribution in [1.82, 2.24) is 25.3 Å². The van der Waals surface area contributed by atoms with Crippen LogP contribution < -0.4 is 21.7 Å². The van der Waals surface area contributed by atoms with Crippen molar-refractivity contribution in [2.24, 2.45) is 5.73 Å². The number of amides is 1. The predicted molar refractivity (Wildman–Crippen MR) is 219 cm³/mol. The maximum atomic E-state index is 12.0. The Balaban J connectivity index is 0.000000234. The molecule has 60 heavy (non-hydrogen) atoms. The zero-order valence-electron chi connectivity index (χ0n) is 33.6. The summed E-state index contributed by atoms with van der Waals surface area (Å²) in [6, 6.07) is 11.4. The number of carbonyl (C=O) groups is 2. The fourth-order valence-corrected chi connectivity index (χ4v) is 7.99. The predicted octanol–water partition coefficient (Wildman–Crippen LogP) is 8.13. The lowest BCUT2D eigenvalue weighted by atomic mass is 10.1. The standard InChI is InChI=1S/C21H25N5O3S.C16H17N5OS.C2HF3O2/c1-12(24-20(27)29-21(3,4)5)9-15-13(2)17-18(30-15)19(26-16(10-22)25-17)23-11-14-7-6-8-28-14;1-9(18)6-12-10(2)14-15(23-12)16(21-13(7-17)20-14)19-8-11-4-3-5-22-11;3-2(4,5)1(6)7/h6-8,12H,9,11H2,1-5H3,(H,24,27)(H,23,25,26);3-5,9H,6,8,18H2,1-2H3,(H,19,20,21);(H,6,7)/t12-;9-;/m00./s1. The van der Waals surface area contributed by atoms with Crippen molar-refractivity contribution in [1.29, 1.82) is 10.5 Å². The number of nitrogens with one attached hydrogen (secondary N) is 3. The number of nitrogens with zero attached hydrogens (tertiary/aromatic N) is 6. The van der Waals surface area contributed by atoms with Crippen molar-refractivity contribution >= 4 is 66.8 Å². The van der Waals surface area contributed by atoms with E-state index in [0.29, 0.717) is 31.1 Å². The van der Waals surface area contributed by atoms with Gasteiger partial charge < -0.3 is 40.4 Å². The van der Waals surface area contributed by atoms with Crippen LogP contribution in [0.2, 0.25) is 0 Å². The topological polar surface area (TPSA) is 251 Å². The quantitative estimate of drug-likeness (QED) is 0.0824. The molecule has 6 rings (SSSR count). The van der Waals surface area contributed by atoms with Gasteiger partial charge in [0.1, 0.15) is 40.9 Å². The summed E-state index contributed by atoms with van der Waals surface area (Å²) in [5, 5.41) is 35.0. The van der Waals surface area contributed by atoms with Crippen molar-refractivity contribution in [3.8, 4) is 12.1 Å². The number of alkyl halides is 3. The Morgan fingerprint density at radius 3 is 1.63 bits per heavy atom. The minimum Gasteiger partial charge on any atom is -0.475 e. The molecule has 6 aromatic heterocycles. The highest BCUT2D eigenvalue weighted by atomic mass is 32.1. The third-order valence-corrected chi connectivity index (χ3v) is 10.6. The van der Waals surface area contributed by atoms with E-state index in [1.165, 1.54) is 4.88 Å². The van der Waals surface area contributed by atoms with Gasteiger partial charge >= 0.3 is 18.2 Å². The molecule has 0 aliphatic rings. The third kappa shape index (κ3) is 13.1. The van der Waals surface area contributed by atoms with Crippen LogP contribution in [0.1, 0.15) is 78.7 Å². The number of hydrogen-bond acceptors (Lipinski definition) is 16. The molecule has 1 amide bonds. The van der Waals surface area contributed by atoms with Gasteiger partial charge in [0.15, 0.2) is 0 Å². The number of nitrogens with two attached hydrogens (primary N) is 1. The zero-order chi connectivity index (χ0) is 44.4. The second-order valence-corrected chi connectivity index (χ2v) is 16.5. The smallest absolute Gasteiger partial charge is 0.475 e. The molecule has 16 nitrogen and oxygen atoms in total. The monoisotopic (exact) mass is 868 g/mol. The molecule has 318 valence electrons. The van der Waals surface area contributed by atoms with E-state index in [-0.39, 0.29) is 23.7 Å². The van der Waals surface area contributed by atoms with Crippen LogP contribution in [0.4, 0.5) is 29.6 Å². The van der Waals surface area contributed by atoms with Crippen LogP contribution in [-0.2, 0) is 35.5 Å². The van der Waals surface area contributed by atoms with E-state index in [4.69, 9.17) is 29.2 Å². The van der Waals surface area contributed by atoms with Gasteiger partial charge in [0, 0.05) is 28.3 Å². The summed E-state index contributed by atoms with van der Waals surface area (Å²) >= 11 is 3.18. The maximum absolute atomic E-state index is 12.0. The minimum absolute atomic E-state index is 0.0738. The number of furan rings is 2. The Morgan fingerprint density at radius 1 is 0.850 bits per heavy atom. The molecular weight excluding hydrogens is 826 g/mol. The normalized spacial score (nSPS) is 12.2. The van der Waals surface area contributed by atoms with Crippen LogP contribution in [-0.4, -0.2) is 61.0 Å². The number of carbonyl (C=O) groups excluding carboxylic acids is 1. The highest BCUT2D eigenvalue weighted by Gasteiger charge is 2.38. The number of aromatic nitrogens is 4. The average molecular weight is 869 g/mol. The van der Waals surface area contributed by atoms with Crippen molar-refractivity contribution < 1.29 is 41.4 Å². The van der Waals surface area contributed by atoms with E-state index in [2.05, 4.69) is 35.9 Å². The van der Waals surface area contributed by atoms with E-state index in [1.807, 2.05) is 84.9 Å². The summed E-state index contributed by atoms with van der Waals surface area (Å²) in [6.45, 7) is 14.3. The first-order chi connectivity index (χ1) is 28.2.